The van der Waals surface area contributed by atoms with E-state index in [1.807, 2.05) is 13.8 Å². The summed E-state index contributed by atoms with van der Waals surface area (Å²) >= 11 is 0. The third-order valence-corrected chi connectivity index (χ3v) is 3.34. The SMILES string of the molecule is Cc1ccc(CCC(C)C(=O)OCC(O)COC(C)O)cc1. The maximum atomic E-state index is 11.8. The first-order valence-electron chi connectivity index (χ1n) is 7.58. The number of aryl methyl sites for hydroxylation is 2. The zero-order valence-electron chi connectivity index (χ0n) is 13.5. The summed E-state index contributed by atoms with van der Waals surface area (Å²) in [7, 11) is 0. The van der Waals surface area contributed by atoms with Crippen molar-refractivity contribution >= 4 is 5.97 Å². The molecule has 5 nitrogen and oxygen atoms in total. The van der Waals surface area contributed by atoms with Crippen LogP contribution in [0.4, 0.5) is 0 Å². The number of ether oxygens (including phenoxy) is 2. The Bertz CT molecular complexity index is 441. The molecule has 3 atom stereocenters. The molecule has 124 valence electrons. The first kappa shape index (κ1) is 18.6. The molecule has 3 unspecified atom stereocenters. The molecule has 1 aromatic carbocycles. The molecule has 0 spiro atoms. The molecule has 22 heavy (non-hydrogen) atoms. The van der Waals surface area contributed by atoms with Gasteiger partial charge >= 0.3 is 5.97 Å². The van der Waals surface area contributed by atoms with Crippen molar-refractivity contribution in [2.24, 2.45) is 5.92 Å². The molecule has 0 amide bonds. The van der Waals surface area contributed by atoms with Crippen molar-refractivity contribution < 1.29 is 24.5 Å². The smallest absolute Gasteiger partial charge is 0.308 e. The molecule has 0 aliphatic heterocycles. The predicted octanol–water partition coefficient (Wildman–Crippen LogP) is 1.82. The van der Waals surface area contributed by atoms with E-state index >= 15 is 0 Å². The number of aliphatic hydroxyl groups is 2. The van der Waals surface area contributed by atoms with Gasteiger partial charge in [-0.1, -0.05) is 36.8 Å². The second kappa shape index (κ2) is 9.56. The molecule has 0 aromatic heterocycles. The van der Waals surface area contributed by atoms with Crippen LogP contribution in [0.1, 0.15) is 31.4 Å². The number of benzene rings is 1. The van der Waals surface area contributed by atoms with Crippen molar-refractivity contribution in [2.45, 2.75) is 46.0 Å². The summed E-state index contributed by atoms with van der Waals surface area (Å²) in [6.07, 6.45) is -0.367. The fourth-order valence-electron chi connectivity index (χ4n) is 1.87. The third kappa shape index (κ3) is 7.54. The fraction of sp³-hybridized carbons (Fsp3) is 0.588. The van der Waals surface area contributed by atoms with E-state index in [-0.39, 0.29) is 25.1 Å². The monoisotopic (exact) mass is 310 g/mol. The van der Waals surface area contributed by atoms with Gasteiger partial charge in [-0.25, -0.2) is 0 Å². The summed E-state index contributed by atoms with van der Waals surface area (Å²) in [5, 5.41) is 18.5. The van der Waals surface area contributed by atoms with E-state index in [0.29, 0.717) is 6.42 Å². The lowest BCUT2D eigenvalue weighted by Crippen LogP contribution is -2.27. The molecule has 0 fully saturated rings. The quantitative estimate of drug-likeness (QED) is 0.537. The van der Waals surface area contributed by atoms with E-state index in [4.69, 9.17) is 14.6 Å². The van der Waals surface area contributed by atoms with E-state index < -0.39 is 12.4 Å². The van der Waals surface area contributed by atoms with Gasteiger partial charge in [-0.2, -0.15) is 0 Å². The van der Waals surface area contributed by atoms with Crippen molar-refractivity contribution in [3.8, 4) is 0 Å². The van der Waals surface area contributed by atoms with Crippen LogP contribution in [0.2, 0.25) is 0 Å². The Labute approximate surface area is 131 Å². The molecule has 0 aliphatic carbocycles. The van der Waals surface area contributed by atoms with Crippen molar-refractivity contribution in [3.05, 3.63) is 35.4 Å². The highest BCUT2D eigenvalue weighted by atomic mass is 16.6. The molecule has 1 rings (SSSR count). The molecule has 0 saturated heterocycles. The van der Waals surface area contributed by atoms with Crippen LogP contribution in [0.3, 0.4) is 0 Å². The van der Waals surface area contributed by atoms with Crippen molar-refractivity contribution in [2.75, 3.05) is 13.2 Å². The lowest BCUT2D eigenvalue weighted by molar-refractivity contribution is -0.155. The molecular formula is C17H26O5. The highest BCUT2D eigenvalue weighted by Crippen LogP contribution is 2.12. The zero-order valence-corrected chi connectivity index (χ0v) is 13.5. The number of carbonyl (C=O) groups is 1. The number of hydrogen-bond donors (Lipinski definition) is 2. The summed E-state index contributed by atoms with van der Waals surface area (Å²) in [5.74, 6) is -0.561. The molecular weight excluding hydrogens is 284 g/mol. The normalized spacial score (nSPS) is 15.1. The number of carbonyl (C=O) groups excluding carboxylic acids is 1. The van der Waals surface area contributed by atoms with E-state index in [1.54, 1.807) is 0 Å². The summed E-state index contributed by atoms with van der Waals surface area (Å²) in [5.41, 5.74) is 2.40. The highest BCUT2D eigenvalue weighted by molar-refractivity contribution is 5.72. The van der Waals surface area contributed by atoms with Gasteiger partial charge < -0.3 is 19.7 Å². The van der Waals surface area contributed by atoms with Crippen LogP contribution >= 0.6 is 0 Å². The topological polar surface area (TPSA) is 76.0 Å². The van der Waals surface area contributed by atoms with Crippen molar-refractivity contribution in [3.63, 3.8) is 0 Å². The molecule has 1 aromatic rings. The van der Waals surface area contributed by atoms with Crippen LogP contribution in [0.25, 0.3) is 0 Å². The molecule has 0 heterocycles. The van der Waals surface area contributed by atoms with E-state index in [1.165, 1.54) is 18.1 Å². The van der Waals surface area contributed by atoms with Crippen molar-refractivity contribution in [1.29, 1.82) is 0 Å². The van der Waals surface area contributed by atoms with Gasteiger partial charge in [0.15, 0.2) is 6.29 Å². The van der Waals surface area contributed by atoms with Gasteiger partial charge in [0.1, 0.15) is 12.7 Å². The number of aliphatic hydroxyl groups excluding tert-OH is 2. The fourth-order valence-corrected chi connectivity index (χ4v) is 1.87. The lowest BCUT2D eigenvalue weighted by atomic mass is 10.0. The Morgan fingerprint density at radius 3 is 2.36 bits per heavy atom. The minimum absolute atomic E-state index is 0.0668. The first-order valence-corrected chi connectivity index (χ1v) is 7.58. The molecule has 0 bridgehead atoms. The average Bonchev–Trinajstić information content (AvgIpc) is 2.49. The van der Waals surface area contributed by atoms with E-state index in [0.717, 1.165) is 6.42 Å². The minimum atomic E-state index is -0.946. The van der Waals surface area contributed by atoms with Gasteiger partial charge in [0.05, 0.1) is 12.5 Å². The second-order valence-electron chi connectivity index (χ2n) is 5.64. The molecule has 0 saturated carbocycles. The van der Waals surface area contributed by atoms with Gasteiger partial charge in [0, 0.05) is 0 Å². The first-order chi connectivity index (χ1) is 10.4. The Kier molecular flexibility index (Phi) is 8.09. The number of esters is 1. The van der Waals surface area contributed by atoms with Gasteiger partial charge in [0.25, 0.3) is 0 Å². The summed E-state index contributed by atoms with van der Waals surface area (Å²) in [6, 6.07) is 8.22. The van der Waals surface area contributed by atoms with E-state index in [9.17, 15) is 9.90 Å². The molecule has 0 aliphatic rings. The van der Waals surface area contributed by atoms with Gasteiger partial charge in [-0.05, 0) is 32.3 Å². The zero-order chi connectivity index (χ0) is 16.5. The largest absolute Gasteiger partial charge is 0.463 e. The van der Waals surface area contributed by atoms with Gasteiger partial charge in [-0.3, -0.25) is 4.79 Å². The summed E-state index contributed by atoms with van der Waals surface area (Å²) in [6.45, 7) is 5.11. The Hall–Kier alpha value is -1.43. The molecule has 2 N–H and O–H groups in total. The molecule has 5 heteroatoms. The third-order valence-electron chi connectivity index (χ3n) is 3.34. The number of rotatable bonds is 9. The maximum absolute atomic E-state index is 11.8. The lowest BCUT2D eigenvalue weighted by Gasteiger charge is -2.15. The van der Waals surface area contributed by atoms with Crippen LogP contribution in [0, 0.1) is 12.8 Å². The number of hydrogen-bond acceptors (Lipinski definition) is 5. The minimum Gasteiger partial charge on any atom is -0.463 e. The van der Waals surface area contributed by atoms with Crippen LogP contribution in [0.15, 0.2) is 24.3 Å². The van der Waals surface area contributed by atoms with Gasteiger partial charge in [-0.15, -0.1) is 0 Å². The Morgan fingerprint density at radius 1 is 1.14 bits per heavy atom. The Balaban J connectivity index is 2.25. The van der Waals surface area contributed by atoms with Gasteiger partial charge in [0.2, 0.25) is 0 Å². The Morgan fingerprint density at radius 2 is 1.77 bits per heavy atom. The second-order valence-corrected chi connectivity index (χ2v) is 5.64. The predicted molar refractivity (Wildman–Crippen MR) is 83.3 cm³/mol. The maximum Gasteiger partial charge on any atom is 0.308 e. The molecule has 0 radical (unpaired) electrons. The highest BCUT2D eigenvalue weighted by Gasteiger charge is 2.16. The summed E-state index contributed by atoms with van der Waals surface area (Å²) in [4.78, 5) is 11.8. The standard InChI is InChI=1S/C17H26O5/c1-12-4-7-15(8-5-12)9-6-13(2)17(20)22-11-16(19)10-21-14(3)18/h4-5,7-8,13-14,16,18-19H,6,9-11H2,1-3H3. The van der Waals surface area contributed by atoms with Crippen molar-refractivity contribution in [1.82, 2.24) is 0 Å². The van der Waals surface area contributed by atoms with Crippen LogP contribution in [0.5, 0.6) is 0 Å². The van der Waals surface area contributed by atoms with Crippen LogP contribution in [-0.4, -0.2) is 41.8 Å². The van der Waals surface area contributed by atoms with E-state index in [2.05, 4.69) is 24.3 Å². The van der Waals surface area contributed by atoms with Crippen LogP contribution in [-0.2, 0) is 20.7 Å². The summed E-state index contributed by atoms with van der Waals surface area (Å²) < 4.78 is 9.88. The van der Waals surface area contributed by atoms with Crippen LogP contribution < -0.4 is 0 Å². The average molecular weight is 310 g/mol.